The summed E-state index contributed by atoms with van der Waals surface area (Å²) in [5, 5.41) is 3.72. The molecular formula is C23H26ClN3O3S. The Balaban J connectivity index is 1.57. The molecule has 4 rings (SSSR count). The van der Waals surface area contributed by atoms with Gasteiger partial charge in [0.1, 0.15) is 0 Å². The molecule has 2 aromatic carbocycles. The SMILES string of the molecule is CS(=O)(=O)c1ccc(-c2cccc(N3C=CCN(CC4CCNCC4)C3=O)c2)c(Cl)c1. The first-order valence-corrected chi connectivity index (χ1v) is 12.7. The molecule has 164 valence electrons. The second-order valence-electron chi connectivity index (χ2n) is 8.10. The normalized spacial score (nSPS) is 17.9. The van der Waals surface area contributed by atoms with Gasteiger partial charge in [-0.25, -0.2) is 13.2 Å². The molecule has 0 saturated carbocycles. The number of urea groups is 1. The van der Waals surface area contributed by atoms with Gasteiger partial charge in [-0.3, -0.25) is 4.90 Å². The summed E-state index contributed by atoms with van der Waals surface area (Å²) in [7, 11) is -3.33. The van der Waals surface area contributed by atoms with Gasteiger partial charge in [-0.1, -0.05) is 29.8 Å². The average Bonchev–Trinajstić information content (AvgIpc) is 2.75. The van der Waals surface area contributed by atoms with Gasteiger partial charge in [0, 0.05) is 36.1 Å². The van der Waals surface area contributed by atoms with Crippen molar-refractivity contribution in [3.05, 3.63) is 59.8 Å². The van der Waals surface area contributed by atoms with Gasteiger partial charge in [0.2, 0.25) is 0 Å². The van der Waals surface area contributed by atoms with E-state index in [4.69, 9.17) is 11.6 Å². The number of nitrogens with one attached hydrogen (secondary N) is 1. The third-order valence-electron chi connectivity index (χ3n) is 5.80. The maximum atomic E-state index is 13.2. The van der Waals surface area contributed by atoms with Crippen molar-refractivity contribution >= 4 is 33.2 Å². The zero-order chi connectivity index (χ0) is 22.0. The molecular weight excluding hydrogens is 434 g/mol. The van der Waals surface area contributed by atoms with Gasteiger partial charge in [0.15, 0.2) is 9.84 Å². The van der Waals surface area contributed by atoms with Crippen LogP contribution in [0.4, 0.5) is 10.5 Å². The summed E-state index contributed by atoms with van der Waals surface area (Å²) in [5.74, 6) is 0.525. The van der Waals surface area contributed by atoms with Crippen LogP contribution < -0.4 is 10.2 Å². The summed E-state index contributed by atoms with van der Waals surface area (Å²) in [6, 6.07) is 12.2. The monoisotopic (exact) mass is 459 g/mol. The van der Waals surface area contributed by atoms with Crippen LogP contribution in [0.15, 0.2) is 59.6 Å². The molecule has 0 bridgehead atoms. The summed E-state index contributed by atoms with van der Waals surface area (Å²) in [6.07, 6.45) is 7.15. The van der Waals surface area contributed by atoms with Crippen LogP contribution in [0.3, 0.4) is 0 Å². The number of hydrogen-bond acceptors (Lipinski definition) is 4. The van der Waals surface area contributed by atoms with Crippen LogP contribution in [0.5, 0.6) is 0 Å². The van der Waals surface area contributed by atoms with E-state index < -0.39 is 9.84 Å². The lowest BCUT2D eigenvalue weighted by Gasteiger charge is -2.35. The highest BCUT2D eigenvalue weighted by molar-refractivity contribution is 7.90. The van der Waals surface area contributed by atoms with Crippen LogP contribution in [-0.4, -0.2) is 51.8 Å². The summed E-state index contributed by atoms with van der Waals surface area (Å²) in [4.78, 5) is 16.9. The number of halogens is 1. The van der Waals surface area contributed by atoms with Crippen molar-refractivity contribution in [1.82, 2.24) is 10.2 Å². The summed E-state index contributed by atoms with van der Waals surface area (Å²) >= 11 is 6.40. The number of piperidine rings is 1. The third-order valence-corrected chi connectivity index (χ3v) is 7.22. The van der Waals surface area contributed by atoms with E-state index in [1.165, 1.54) is 6.07 Å². The van der Waals surface area contributed by atoms with Crippen molar-refractivity contribution in [2.24, 2.45) is 5.92 Å². The molecule has 0 unspecified atom stereocenters. The predicted octanol–water partition coefficient (Wildman–Crippen LogP) is 4.17. The number of anilines is 1. The minimum Gasteiger partial charge on any atom is -0.320 e. The van der Waals surface area contributed by atoms with E-state index in [2.05, 4.69) is 5.32 Å². The summed E-state index contributed by atoms with van der Waals surface area (Å²) in [5.41, 5.74) is 2.28. The first kappa shape index (κ1) is 21.9. The molecule has 0 atom stereocenters. The molecule has 2 aliphatic rings. The molecule has 2 aromatic rings. The molecule has 2 aliphatic heterocycles. The van der Waals surface area contributed by atoms with Crippen molar-refractivity contribution in [2.45, 2.75) is 17.7 Å². The minimum atomic E-state index is -3.33. The maximum Gasteiger partial charge on any atom is 0.328 e. The van der Waals surface area contributed by atoms with Gasteiger partial charge in [-0.15, -0.1) is 0 Å². The zero-order valence-electron chi connectivity index (χ0n) is 17.4. The van der Waals surface area contributed by atoms with Crippen molar-refractivity contribution in [3.8, 4) is 11.1 Å². The van der Waals surface area contributed by atoms with Crippen LogP contribution in [0.2, 0.25) is 5.02 Å². The second-order valence-corrected chi connectivity index (χ2v) is 10.5. The third kappa shape index (κ3) is 4.95. The second kappa shape index (κ2) is 9.02. The summed E-state index contributed by atoms with van der Waals surface area (Å²) in [6.45, 7) is 3.40. The molecule has 31 heavy (non-hydrogen) atoms. The Bertz CT molecular complexity index is 1110. The predicted molar refractivity (Wildman–Crippen MR) is 124 cm³/mol. The number of hydrogen-bond donors (Lipinski definition) is 1. The van der Waals surface area contributed by atoms with Gasteiger partial charge in [-0.05, 0) is 67.8 Å². The van der Waals surface area contributed by atoms with Gasteiger partial charge in [0.05, 0.1) is 10.6 Å². The number of rotatable bonds is 5. The highest BCUT2D eigenvalue weighted by Crippen LogP contribution is 2.33. The van der Waals surface area contributed by atoms with E-state index in [1.54, 1.807) is 17.0 Å². The molecule has 1 saturated heterocycles. The first-order valence-electron chi connectivity index (χ1n) is 10.4. The van der Waals surface area contributed by atoms with Crippen molar-refractivity contribution in [3.63, 3.8) is 0 Å². The van der Waals surface area contributed by atoms with E-state index in [9.17, 15) is 13.2 Å². The Morgan fingerprint density at radius 3 is 2.61 bits per heavy atom. The fraction of sp³-hybridized carbons (Fsp3) is 0.348. The lowest BCUT2D eigenvalue weighted by atomic mass is 9.97. The minimum absolute atomic E-state index is 0.0308. The standard InChI is InChI=1S/C23H26ClN3O3S/c1-31(29,30)20-6-7-21(22(24)15-20)18-4-2-5-19(14-18)27-13-3-12-26(23(27)28)16-17-8-10-25-11-9-17/h2-7,13-15,17,25H,8-12,16H2,1H3. The van der Waals surface area contributed by atoms with Gasteiger partial charge in [0.25, 0.3) is 0 Å². The lowest BCUT2D eigenvalue weighted by Crippen LogP contribution is -2.47. The Hall–Kier alpha value is -2.35. The highest BCUT2D eigenvalue weighted by Gasteiger charge is 2.27. The average molecular weight is 460 g/mol. The topological polar surface area (TPSA) is 69.7 Å². The summed E-state index contributed by atoms with van der Waals surface area (Å²) < 4.78 is 23.6. The highest BCUT2D eigenvalue weighted by atomic mass is 35.5. The Kier molecular flexibility index (Phi) is 6.36. The molecule has 0 radical (unpaired) electrons. The van der Waals surface area contributed by atoms with Crippen LogP contribution in [0, 0.1) is 5.92 Å². The molecule has 0 aliphatic carbocycles. The molecule has 6 nitrogen and oxygen atoms in total. The van der Waals surface area contributed by atoms with Crippen LogP contribution >= 0.6 is 11.6 Å². The number of amides is 2. The Morgan fingerprint density at radius 1 is 1.13 bits per heavy atom. The maximum absolute atomic E-state index is 13.2. The van der Waals surface area contributed by atoms with Crippen molar-refractivity contribution in [2.75, 3.05) is 37.3 Å². The Labute approximate surface area is 188 Å². The number of benzene rings is 2. The number of carbonyl (C=O) groups excluding carboxylic acids is 1. The Morgan fingerprint density at radius 2 is 1.90 bits per heavy atom. The molecule has 0 spiro atoms. The molecule has 2 amide bonds. The molecule has 2 heterocycles. The van der Waals surface area contributed by atoms with Crippen LogP contribution in [0.1, 0.15) is 12.8 Å². The van der Waals surface area contributed by atoms with Crippen LogP contribution in [-0.2, 0) is 9.84 Å². The van der Waals surface area contributed by atoms with E-state index in [0.29, 0.717) is 17.5 Å². The number of sulfone groups is 1. The van der Waals surface area contributed by atoms with E-state index in [0.717, 1.165) is 55.5 Å². The molecule has 1 fully saturated rings. The van der Waals surface area contributed by atoms with Crippen molar-refractivity contribution < 1.29 is 13.2 Å². The van der Waals surface area contributed by atoms with Gasteiger partial charge < -0.3 is 10.2 Å². The smallest absolute Gasteiger partial charge is 0.320 e. The first-order chi connectivity index (χ1) is 14.8. The molecule has 8 heteroatoms. The fourth-order valence-electron chi connectivity index (χ4n) is 4.08. The molecule has 1 N–H and O–H groups in total. The van der Waals surface area contributed by atoms with Crippen molar-refractivity contribution in [1.29, 1.82) is 0 Å². The quantitative estimate of drug-likeness (QED) is 0.728. The van der Waals surface area contributed by atoms with E-state index in [1.807, 2.05) is 41.4 Å². The number of nitrogens with zero attached hydrogens (tertiary/aromatic N) is 2. The van der Waals surface area contributed by atoms with Gasteiger partial charge >= 0.3 is 6.03 Å². The van der Waals surface area contributed by atoms with Crippen LogP contribution in [0.25, 0.3) is 11.1 Å². The number of carbonyl (C=O) groups is 1. The van der Waals surface area contributed by atoms with Gasteiger partial charge in [-0.2, -0.15) is 0 Å². The zero-order valence-corrected chi connectivity index (χ0v) is 19.0. The fourth-order valence-corrected chi connectivity index (χ4v) is 5.08. The van der Waals surface area contributed by atoms with E-state index in [-0.39, 0.29) is 10.9 Å². The lowest BCUT2D eigenvalue weighted by molar-refractivity contribution is 0.192. The largest absolute Gasteiger partial charge is 0.328 e. The van der Waals surface area contributed by atoms with E-state index >= 15 is 0 Å². The molecule has 0 aromatic heterocycles.